The number of ether oxygens (including phenoxy) is 1. The molecule has 168 valence electrons. The topological polar surface area (TPSA) is 97.0 Å². The van der Waals surface area contributed by atoms with Crippen molar-refractivity contribution < 1.29 is 30.7 Å². The van der Waals surface area contributed by atoms with Crippen LogP contribution in [0, 0.1) is 35.1 Å². The van der Waals surface area contributed by atoms with E-state index in [1.807, 2.05) is 4.72 Å². The molecule has 4 aromatic rings. The number of H-pyrrole nitrogens is 1. The van der Waals surface area contributed by atoms with Gasteiger partial charge in [0.25, 0.3) is 10.0 Å². The second-order valence-corrected chi connectivity index (χ2v) is 8.22. The Morgan fingerprint density at radius 1 is 1.03 bits per heavy atom. The van der Waals surface area contributed by atoms with E-state index < -0.39 is 49.4 Å². The Kier molecular flexibility index (Phi) is 5.65. The molecule has 0 saturated carbocycles. The number of aromatic nitrogens is 3. The van der Waals surface area contributed by atoms with Gasteiger partial charge in [-0.25, -0.2) is 31.0 Å². The molecule has 12 heteroatoms. The number of hydrogen-bond acceptors (Lipinski definition) is 5. The Labute approximate surface area is 184 Å². The molecule has 4 rings (SSSR count). The van der Waals surface area contributed by atoms with E-state index in [-0.39, 0.29) is 11.4 Å². The SMILES string of the molecule is COc1n[nH]c2ncc(C#Cc3c(F)ccc(NS(=O)(=O)c4ccc(F)cc4F)c3F)cc12. The number of anilines is 1. The van der Waals surface area contributed by atoms with Crippen molar-refractivity contribution >= 4 is 26.7 Å². The molecule has 2 N–H and O–H groups in total. The van der Waals surface area contributed by atoms with Crippen LogP contribution >= 0.6 is 0 Å². The number of halogens is 4. The first-order valence-electron chi connectivity index (χ1n) is 9.05. The maximum atomic E-state index is 14.9. The van der Waals surface area contributed by atoms with Gasteiger partial charge in [-0.05, 0) is 30.3 Å². The standard InChI is InChI=1S/C21H12F4N4O3S/c1-32-21-14-8-11(10-26-20(14)27-28-21)2-4-13-15(23)5-6-17(19(13)25)29-33(30,31)18-7-3-12(22)9-16(18)24/h3,5-10,29H,1H3,(H,26,27,28). The van der Waals surface area contributed by atoms with Crippen LogP contribution in [0.3, 0.4) is 0 Å². The Morgan fingerprint density at radius 2 is 1.82 bits per heavy atom. The zero-order valence-corrected chi connectivity index (χ0v) is 17.4. The predicted octanol–water partition coefficient (Wildman–Crippen LogP) is 3.72. The summed E-state index contributed by atoms with van der Waals surface area (Å²) in [6.45, 7) is 0. The lowest BCUT2D eigenvalue weighted by atomic mass is 10.1. The minimum Gasteiger partial charge on any atom is -0.479 e. The summed E-state index contributed by atoms with van der Waals surface area (Å²) in [5, 5.41) is 7.03. The Hall–Kier alpha value is -4.11. The zero-order chi connectivity index (χ0) is 23.8. The van der Waals surface area contributed by atoms with Crippen molar-refractivity contribution in [2.24, 2.45) is 0 Å². The molecule has 0 saturated heterocycles. The number of methoxy groups -OCH3 is 1. The molecule has 0 fully saturated rings. The molecule has 2 heterocycles. The van der Waals surface area contributed by atoms with E-state index in [1.54, 1.807) is 0 Å². The van der Waals surface area contributed by atoms with Gasteiger partial charge in [0.2, 0.25) is 5.88 Å². The zero-order valence-electron chi connectivity index (χ0n) is 16.6. The number of aromatic amines is 1. The number of nitrogens with zero attached hydrogens (tertiary/aromatic N) is 2. The van der Waals surface area contributed by atoms with Crippen LogP contribution in [-0.4, -0.2) is 30.7 Å². The summed E-state index contributed by atoms with van der Waals surface area (Å²) >= 11 is 0. The van der Waals surface area contributed by atoms with Gasteiger partial charge in [0, 0.05) is 17.8 Å². The minimum atomic E-state index is -4.64. The van der Waals surface area contributed by atoms with E-state index >= 15 is 0 Å². The van der Waals surface area contributed by atoms with E-state index in [1.165, 1.54) is 19.4 Å². The lowest BCUT2D eigenvalue weighted by molar-refractivity contribution is 0.401. The molecule has 0 bridgehead atoms. The fourth-order valence-corrected chi connectivity index (χ4v) is 4.00. The van der Waals surface area contributed by atoms with E-state index in [2.05, 4.69) is 27.0 Å². The summed E-state index contributed by atoms with van der Waals surface area (Å²) in [4.78, 5) is 3.17. The van der Waals surface area contributed by atoms with Gasteiger partial charge in [0.15, 0.2) is 11.5 Å². The van der Waals surface area contributed by atoms with Crippen molar-refractivity contribution in [3.63, 3.8) is 0 Å². The number of nitrogens with one attached hydrogen (secondary N) is 2. The highest BCUT2D eigenvalue weighted by Gasteiger charge is 2.23. The maximum absolute atomic E-state index is 14.9. The van der Waals surface area contributed by atoms with Gasteiger partial charge < -0.3 is 4.74 Å². The molecule has 0 aliphatic rings. The van der Waals surface area contributed by atoms with Crippen LogP contribution in [0.1, 0.15) is 11.1 Å². The number of pyridine rings is 1. The van der Waals surface area contributed by atoms with Crippen LogP contribution in [-0.2, 0) is 10.0 Å². The fourth-order valence-electron chi connectivity index (χ4n) is 2.88. The van der Waals surface area contributed by atoms with Gasteiger partial charge >= 0.3 is 0 Å². The Balaban J connectivity index is 1.70. The minimum absolute atomic E-state index is 0.253. The van der Waals surface area contributed by atoms with Crippen molar-refractivity contribution in [2.75, 3.05) is 11.8 Å². The number of benzene rings is 2. The molecule has 0 amide bonds. The molecule has 0 atom stereocenters. The molecule has 0 unspecified atom stereocenters. The Morgan fingerprint density at radius 3 is 2.55 bits per heavy atom. The van der Waals surface area contributed by atoms with E-state index in [4.69, 9.17) is 4.74 Å². The largest absolute Gasteiger partial charge is 0.479 e. The second-order valence-electron chi connectivity index (χ2n) is 6.57. The van der Waals surface area contributed by atoms with E-state index in [9.17, 15) is 26.0 Å². The fraction of sp³-hybridized carbons (Fsp3) is 0.0476. The molecule has 7 nitrogen and oxygen atoms in total. The van der Waals surface area contributed by atoms with Crippen molar-refractivity contribution in [1.82, 2.24) is 15.2 Å². The van der Waals surface area contributed by atoms with Crippen LogP contribution < -0.4 is 9.46 Å². The van der Waals surface area contributed by atoms with Gasteiger partial charge in [-0.1, -0.05) is 11.8 Å². The Bertz CT molecular complexity index is 1560. The van der Waals surface area contributed by atoms with Crippen LogP contribution in [0.15, 0.2) is 47.5 Å². The third-order valence-electron chi connectivity index (χ3n) is 4.43. The second kappa shape index (κ2) is 8.44. The van der Waals surface area contributed by atoms with Gasteiger partial charge in [0.05, 0.1) is 23.7 Å². The molecule has 0 aliphatic heterocycles. The van der Waals surface area contributed by atoms with Crippen molar-refractivity contribution in [3.05, 3.63) is 77.0 Å². The van der Waals surface area contributed by atoms with Crippen LogP contribution in [0.5, 0.6) is 5.88 Å². The first-order chi connectivity index (χ1) is 15.7. The molecule has 2 aromatic heterocycles. The van der Waals surface area contributed by atoms with Gasteiger partial charge in [-0.15, -0.1) is 5.10 Å². The van der Waals surface area contributed by atoms with Crippen molar-refractivity contribution in [1.29, 1.82) is 0 Å². The predicted molar refractivity (Wildman–Crippen MR) is 110 cm³/mol. The highest BCUT2D eigenvalue weighted by atomic mass is 32.2. The van der Waals surface area contributed by atoms with Crippen LogP contribution in [0.4, 0.5) is 23.2 Å². The number of rotatable bonds is 4. The summed E-state index contributed by atoms with van der Waals surface area (Å²) in [5.74, 6) is 0.377. The lowest BCUT2D eigenvalue weighted by Gasteiger charge is -2.11. The molecular weight excluding hydrogens is 464 g/mol. The third kappa shape index (κ3) is 4.31. The van der Waals surface area contributed by atoms with E-state index in [0.29, 0.717) is 23.2 Å². The summed E-state index contributed by atoms with van der Waals surface area (Å²) in [6.07, 6.45) is 1.34. The van der Waals surface area contributed by atoms with Crippen molar-refractivity contribution in [3.8, 4) is 17.7 Å². The summed E-state index contributed by atoms with van der Waals surface area (Å²) in [7, 11) is -3.24. The monoisotopic (exact) mass is 476 g/mol. The first-order valence-corrected chi connectivity index (χ1v) is 10.5. The van der Waals surface area contributed by atoms with Crippen LogP contribution in [0.25, 0.3) is 11.0 Å². The van der Waals surface area contributed by atoms with Gasteiger partial charge in [0.1, 0.15) is 22.3 Å². The van der Waals surface area contributed by atoms with E-state index in [0.717, 1.165) is 18.2 Å². The lowest BCUT2D eigenvalue weighted by Crippen LogP contribution is -2.16. The quantitative estimate of drug-likeness (QED) is 0.346. The summed E-state index contributed by atoms with van der Waals surface area (Å²) in [6, 6.07) is 4.94. The molecule has 0 radical (unpaired) electrons. The highest BCUT2D eigenvalue weighted by Crippen LogP contribution is 2.25. The summed E-state index contributed by atoms with van der Waals surface area (Å²) in [5.41, 5.74) is -0.705. The molecular formula is C21H12F4N4O3S. The molecule has 0 spiro atoms. The normalized spacial score (nSPS) is 11.2. The molecule has 33 heavy (non-hydrogen) atoms. The third-order valence-corrected chi connectivity index (χ3v) is 5.82. The number of sulfonamides is 1. The molecule has 0 aliphatic carbocycles. The average Bonchev–Trinajstić information content (AvgIpc) is 3.17. The summed E-state index contributed by atoms with van der Waals surface area (Å²) < 4.78 is 87.8. The smallest absolute Gasteiger partial charge is 0.264 e. The highest BCUT2D eigenvalue weighted by molar-refractivity contribution is 7.92. The first kappa shape index (κ1) is 22.1. The van der Waals surface area contributed by atoms with Gasteiger partial charge in [-0.2, -0.15) is 0 Å². The van der Waals surface area contributed by atoms with Gasteiger partial charge in [-0.3, -0.25) is 9.82 Å². The van der Waals surface area contributed by atoms with Crippen LogP contribution in [0.2, 0.25) is 0 Å². The van der Waals surface area contributed by atoms with Crippen molar-refractivity contribution in [2.45, 2.75) is 4.90 Å². The molecule has 2 aromatic carbocycles. The maximum Gasteiger partial charge on any atom is 0.264 e. The average molecular weight is 476 g/mol. The number of fused-ring (bicyclic) bond motifs is 1. The number of hydrogen-bond donors (Lipinski definition) is 2.